The number of hydrogen-bond donors (Lipinski definition) is 1. The zero-order valence-electron chi connectivity index (χ0n) is 9.54. The Labute approximate surface area is 117 Å². The molecule has 0 unspecified atom stereocenters. The summed E-state index contributed by atoms with van der Waals surface area (Å²) in [5, 5.41) is 1.38. The van der Waals surface area contributed by atoms with E-state index in [0.29, 0.717) is 0 Å². The Balaban J connectivity index is 2.32. The third kappa shape index (κ3) is 1.82. The zero-order valence-corrected chi connectivity index (χ0v) is 11.9. The van der Waals surface area contributed by atoms with Crippen molar-refractivity contribution in [2.75, 3.05) is 0 Å². The third-order valence-corrected chi connectivity index (χ3v) is 3.70. The van der Waals surface area contributed by atoms with Gasteiger partial charge in [-0.25, -0.2) is 9.97 Å². The second kappa shape index (κ2) is 4.37. The van der Waals surface area contributed by atoms with Crippen molar-refractivity contribution in [2.45, 2.75) is 6.92 Å². The minimum atomic E-state index is 0.264. The highest BCUT2D eigenvalue weighted by atomic mass is 79.9. The van der Waals surface area contributed by atoms with E-state index in [9.17, 15) is 0 Å². The van der Waals surface area contributed by atoms with Gasteiger partial charge in [-0.2, -0.15) is 0 Å². The number of aromatic amines is 1. The third-order valence-electron chi connectivity index (χ3n) is 2.86. The standard InChI is InChI=1S/C13H9BrClN3/c1-7-5-17-13(15)18-11(7)9-6-16-12-8(9)3-2-4-10(12)14/h2-6,16H,1H3. The first-order valence-electron chi connectivity index (χ1n) is 5.42. The Morgan fingerprint density at radius 1 is 1.33 bits per heavy atom. The Kier molecular flexibility index (Phi) is 2.84. The maximum absolute atomic E-state index is 5.87. The number of nitrogens with zero attached hydrogens (tertiary/aromatic N) is 2. The van der Waals surface area contributed by atoms with E-state index in [1.165, 1.54) is 0 Å². The van der Waals surface area contributed by atoms with Crippen molar-refractivity contribution in [3.05, 3.63) is 45.9 Å². The molecule has 0 radical (unpaired) electrons. The van der Waals surface area contributed by atoms with Gasteiger partial charge < -0.3 is 4.98 Å². The van der Waals surface area contributed by atoms with Gasteiger partial charge in [-0.1, -0.05) is 12.1 Å². The van der Waals surface area contributed by atoms with Gasteiger partial charge in [0.25, 0.3) is 0 Å². The lowest BCUT2D eigenvalue weighted by Gasteiger charge is -2.03. The van der Waals surface area contributed by atoms with Gasteiger partial charge in [0.05, 0.1) is 11.2 Å². The molecule has 90 valence electrons. The van der Waals surface area contributed by atoms with Crippen LogP contribution in [-0.4, -0.2) is 15.0 Å². The summed E-state index contributed by atoms with van der Waals surface area (Å²) in [7, 11) is 0. The van der Waals surface area contributed by atoms with Crippen molar-refractivity contribution in [1.82, 2.24) is 15.0 Å². The molecule has 18 heavy (non-hydrogen) atoms. The van der Waals surface area contributed by atoms with Crippen LogP contribution in [0.1, 0.15) is 5.56 Å². The normalized spacial score (nSPS) is 11.1. The van der Waals surface area contributed by atoms with E-state index in [1.807, 2.05) is 25.3 Å². The van der Waals surface area contributed by atoms with Crippen LogP contribution in [0.15, 0.2) is 35.1 Å². The lowest BCUT2D eigenvalue weighted by molar-refractivity contribution is 1.14. The van der Waals surface area contributed by atoms with Crippen LogP contribution >= 0.6 is 27.5 Å². The predicted octanol–water partition coefficient (Wildman–Crippen LogP) is 4.35. The molecule has 0 amide bonds. The van der Waals surface area contributed by atoms with E-state index in [4.69, 9.17) is 11.6 Å². The SMILES string of the molecule is Cc1cnc(Cl)nc1-c1c[nH]c2c(Br)cccc12. The smallest absolute Gasteiger partial charge is 0.222 e. The molecule has 3 nitrogen and oxygen atoms in total. The zero-order chi connectivity index (χ0) is 12.7. The fourth-order valence-corrected chi connectivity index (χ4v) is 2.62. The molecule has 0 spiro atoms. The molecule has 0 saturated heterocycles. The highest BCUT2D eigenvalue weighted by Crippen LogP contribution is 2.32. The number of aryl methyl sites for hydroxylation is 1. The lowest BCUT2D eigenvalue weighted by atomic mass is 10.1. The quantitative estimate of drug-likeness (QED) is 0.677. The summed E-state index contributed by atoms with van der Waals surface area (Å²) in [5.41, 5.74) is 3.95. The maximum Gasteiger partial charge on any atom is 0.222 e. The molecular weight excluding hydrogens is 314 g/mol. The highest BCUT2D eigenvalue weighted by Gasteiger charge is 2.12. The number of nitrogens with one attached hydrogen (secondary N) is 1. The first-order valence-corrected chi connectivity index (χ1v) is 6.59. The number of benzene rings is 1. The van der Waals surface area contributed by atoms with Crippen LogP contribution in [-0.2, 0) is 0 Å². The molecular formula is C13H9BrClN3. The number of rotatable bonds is 1. The number of H-pyrrole nitrogens is 1. The summed E-state index contributed by atoms with van der Waals surface area (Å²) in [5.74, 6) is 0. The fraction of sp³-hybridized carbons (Fsp3) is 0.0769. The van der Waals surface area contributed by atoms with E-state index in [-0.39, 0.29) is 5.28 Å². The monoisotopic (exact) mass is 321 g/mol. The molecule has 3 rings (SSSR count). The number of halogens is 2. The molecule has 0 aliphatic carbocycles. The van der Waals surface area contributed by atoms with E-state index < -0.39 is 0 Å². The van der Waals surface area contributed by atoms with E-state index in [2.05, 4.69) is 36.9 Å². The van der Waals surface area contributed by atoms with E-state index >= 15 is 0 Å². The summed E-state index contributed by atoms with van der Waals surface area (Å²) in [6.45, 7) is 1.97. The van der Waals surface area contributed by atoms with Crippen LogP contribution in [0.5, 0.6) is 0 Å². The molecule has 0 atom stereocenters. The van der Waals surface area contributed by atoms with Crippen molar-refractivity contribution < 1.29 is 0 Å². The van der Waals surface area contributed by atoms with E-state index in [0.717, 1.165) is 32.2 Å². The number of fused-ring (bicyclic) bond motifs is 1. The van der Waals surface area contributed by atoms with Crippen molar-refractivity contribution in [3.8, 4) is 11.3 Å². The molecule has 1 N–H and O–H groups in total. The molecule has 0 bridgehead atoms. The van der Waals surface area contributed by atoms with Crippen molar-refractivity contribution in [3.63, 3.8) is 0 Å². The number of hydrogen-bond acceptors (Lipinski definition) is 2. The number of para-hydroxylation sites is 1. The molecule has 1 aromatic carbocycles. The summed E-state index contributed by atoms with van der Waals surface area (Å²) in [6, 6.07) is 6.06. The molecule has 2 aromatic heterocycles. The van der Waals surface area contributed by atoms with Gasteiger partial charge in [0.1, 0.15) is 0 Å². The van der Waals surface area contributed by atoms with Gasteiger partial charge in [0, 0.05) is 27.8 Å². The molecule has 2 heterocycles. The molecule has 5 heteroatoms. The predicted molar refractivity (Wildman–Crippen MR) is 76.8 cm³/mol. The summed E-state index contributed by atoms with van der Waals surface area (Å²) < 4.78 is 1.03. The first-order chi connectivity index (χ1) is 8.66. The Hall–Kier alpha value is -1.39. The molecule has 0 aliphatic heterocycles. The molecule has 0 aliphatic rings. The van der Waals surface area contributed by atoms with Crippen LogP contribution in [0.4, 0.5) is 0 Å². The van der Waals surface area contributed by atoms with Crippen molar-refractivity contribution in [1.29, 1.82) is 0 Å². The van der Waals surface area contributed by atoms with Crippen LogP contribution in [0.3, 0.4) is 0 Å². The molecule has 3 aromatic rings. The van der Waals surface area contributed by atoms with Crippen LogP contribution in [0.25, 0.3) is 22.2 Å². The average molecular weight is 323 g/mol. The van der Waals surface area contributed by atoms with E-state index in [1.54, 1.807) is 6.20 Å². The highest BCUT2D eigenvalue weighted by molar-refractivity contribution is 9.10. The first kappa shape index (κ1) is 11.7. The summed E-state index contributed by atoms with van der Waals surface area (Å²) in [6.07, 6.45) is 3.68. The minimum absolute atomic E-state index is 0.264. The van der Waals surface area contributed by atoms with Crippen molar-refractivity contribution >= 4 is 38.4 Å². The lowest BCUT2D eigenvalue weighted by Crippen LogP contribution is -1.90. The second-order valence-corrected chi connectivity index (χ2v) is 5.23. The average Bonchev–Trinajstić information content (AvgIpc) is 2.77. The van der Waals surface area contributed by atoms with Crippen LogP contribution < -0.4 is 0 Å². The van der Waals surface area contributed by atoms with Gasteiger partial charge in [-0.15, -0.1) is 0 Å². The van der Waals surface area contributed by atoms with Crippen LogP contribution in [0.2, 0.25) is 5.28 Å². The molecule has 0 saturated carbocycles. The van der Waals surface area contributed by atoms with Crippen LogP contribution in [0, 0.1) is 6.92 Å². The summed E-state index contributed by atoms with van der Waals surface area (Å²) >= 11 is 9.40. The van der Waals surface area contributed by atoms with Gasteiger partial charge in [0.15, 0.2) is 0 Å². The second-order valence-electron chi connectivity index (χ2n) is 4.04. The summed E-state index contributed by atoms with van der Waals surface area (Å²) in [4.78, 5) is 11.5. The maximum atomic E-state index is 5.87. The Morgan fingerprint density at radius 3 is 3.00 bits per heavy atom. The Bertz CT molecular complexity index is 736. The minimum Gasteiger partial charge on any atom is -0.360 e. The van der Waals surface area contributed by atoms with Gasteiger partial charge in [-0.05, 0) is 46.1 Å². The fourth-order valence-electron chi connectivity index (χ4n) is 2.01. The molecule has 0 fully saturated rings. The number of aromatic nitrogens is 3. The largest absolute Gasteiger partial charge is 0.360 e. The Morgan fingerprint density at radius 2 is 2.17 bits per heavy atom. The van der Waals surface area contributed by atoms with Crippen molar-refractivity contribution in [2.24, 2.45) is 0 Å². The van der Waals surface area contributed by atoms with Gasteiger partial charge in [0.2, 0.25) is 5.28 Å². The van der Waals surface area contributed by atoms with Gasteiger partial charge in [-0.3, -0.25) is 0 Å². The topological polar surface area (TPSA) is 41.6 Å². The van der Waals surface area contributed by atoms with Gasteiger partial charge >= 0.3 is 0 Å².